The van der Waals surface area contributed by atoms with Crippen molar-refractivity contribution >= 4 is 32.5 Å². The molecule has 0 unspecified atom stereocenters. The summed E-state index contributed by atoms with van der Waals surface area (Å²) in [4.78, 5) is 0. The van der Waals surface area contributed by atoms with Crippen molar-refractivity contribution in [3.8, 4) is 0 Å². The van der Waals surface area contributed by atoms with Crippen LogP contribution in [0, 0.1) is 0 Å². The van der Waals surface area contributed by atoms with Gasteiger partial charge in [0.05, 0.1) is 5.69 Å². The number of halogens is 1. The number of benzene rings is 1. The topological polar surface area (TPSA) is 43.8 Å². The van der Waals surface area contributed by atoms with Crippen LogP contribution < -0.4 is 5.73 Å². The molecule has 2 aromatic rings. The van der Waals surface area contributed by atoms with Crippen LogP contribution in [0.1, 0.15) is 0 Å². The van der Waals surface area contributed by atoms with Crippen molar-refractivity contribution in [1.29, 1.82) is 0 Å². The minimum Gasteiger partial charge on any atom is -0.397 e. The van der Waals surface area contributed by atoms with Crippen LogP contribution in [0.4, 0.5) is 5.69 Å². The quantitative estimate of drug-likeness (QED) is 0.697. The van der Waals surface area contributed by atoms with Gasteiger partial charge in [0, 0.05) is 12.4 Å². The van der Waals surface area contributed by atoms with E-state index in [-0.39, 0.29) is 0 Å². The summed E-state index contributed by atoms with van der Waals surface area (Å²) in [5.74, 6) is 0. The summed E-state index contributed by atoms with van der Waals surface area (Å²) in [6.07, 6.45) is 0. The van der Waals surface area contributed by atoms with Crippen molar-refractivity contribution in [3.05, 3.63) is 22.8 Å². The van der Waals surface area contributed by atoms with Crippen LogP contribution >= 0.6 is 15.9 Å². The maximum absolute atomic E-state index is 5.74. The van der Waals surface area contributed by atoms with E-state index in [4.69, 9.17) is 5.73 Å². The molecule has 0 saturated heterocycles. The Labute approximate surface area is 78.3 Å². The van der Waals surface area contributed by atoms with E-state index in [0.717, 1.165) is 15.5 Å². The van der Waals surface area contributed by atoms with Crippen molar-refractivity contribution < 1.29 is 0 Å². The first kappa shape index (κ1) is 7.61. The molecule has 0 fully saturated rings. The zero-order chi connectivity index (χ0) is 8.72. The normalized spacial score (nSPS) is 10.8. The monoisotopic (exact) mass is 225 g/mol. The molecule has 2 rings (SSSR count). The van der Waals surface area contributed by atoms with Gasteiger partial charge in [-0.1, -0.05) is 6.07 Å². The van der Waals surface area contributed by atoms with Gasteiger partial charge in [0.1, 0.15) is 10.1 Å². The highest BCUT2D eigenvalue weighted by molar-refractivity contribution is 9.10. The van der Waals surface area contributed by atoms with Gasteiger partial charge in [-0.15, -0.1) is 0 Å². The van der Waals surface area contributed by atoms with Crippen molar-refractivity contribution in [3.63, 3.8) is 0 Å². The summed E-state index contributed by atoms with van der Waals surface area (Å²) >= 11 is 3.43. The molecule has 3 nitrogen and oxygen atoms in total. The van der Waals surface area contributed by atoms with Crippen molar-refractivity contribution in [2.75, 3.05) is 5.73 Å². The summed E-state index contributed by atoms with van der Waals surface area (Å²) in [6, 6.07) is 5.76. The van der Waals surface area contributed by atoms with Gasteiger partial charge < -0.3 is 5.73 Å². The summed E-state index contributed by atoms with van der Waals surface area (Å²) in [6.45, 7) is 0. The molecule has 0 bridgehead atoms. The molecule has 0 aliphatic heterocycles. The minimum atomic E-state index is 0.716. The summed E-state index contributed by atoms with van der Waals surface area (Å²) < 4.78 is 2.73. The third-order valence-electron chi connectivity index (χ3n) is 1.82. The average Bonchev–Trinajstić information content (AvgIpc) is 2.32. The average molecular weight is 226 g/mol. The van der Waals surface area contributed by atoms with E-state index in [2.05, 4.69) is 21.0 Å². The van der Waals surface area contributed by atoms with E-state index in [1.165, 1.54) is 0 Å². The maximum atomic E-state index is 5.74. The molecule has 1 heterocycles. The Hall–Kier alpha value is -1.03. The van der Waals surface area contributed by atoms with E-state index in [0.29, 0.717) is 5.69 Å². The van der Waals surface area contributed by atoms with Crippen molar-refractivity contribution in [2.24, 2.45) is 7.05 Å². The molecule has 1 aromatic carbocycles. The molecule has 0 amide bonds. The van der Waals surface area contributed by atoms with Gasteiger partial charge in [0.2, 0.25) is 0 Å². The van der Waals surface area contributed by atoms with Gasteiger partial charge in [-0.2, -0.15) is 5.10 Å². The van der Waals surface area contributed by atoms with E-state index >= 15 is 0 Å². The molecule has 0 spiro atoms. The first-order valence-electron chi connectivity index (χ1n) is 3.57. The summed E-state index contributed by atoms with van der Waals surface area (Å²) in [7, 11) is 1.88. The second kappa shape index (κ2) is 2.48. The Morgan fingerprint density at radius 3 is 2.92 bits per heavy atom. The second-order valence-corrected chi connectivity index (χ2v) is 3.41. The molecular weight excluding hydrogens is 218 g/mol. The van der Waals surface area contributed by atoms with Crippen LogP contribution in [0.2, 0.25) is 0 Å². The van der Waals surface area contributed by atoms with Crippen LogP contribution in [-0.2, 0) is 7.05 Å². The highest BCUT2D eigenvalue weighted by Crippen LogP contribution is 2.26. The second-order valence-electron chi connectivity index (χ2n) is 2.66. The van der Waals surface area contributed by atoms with Gasteiger partial charge in [0.15, 0.2) is 0 Å². The lowest BCUT2D eigenvalue weighted by atomic mass is 10.2. The van der Waals surface area contributed by atoms with Gasteiger partial charge in [-0.25, -0.2) is 0 Å². The van der Waals surface area contributed by atoms with Gasteiger partial charge in [-0.05, 0) is 28.1 Å². The third-order valence-corrected chi connectivity index (χ3v) is 2.76. The number of fused-ring (bicyclic) bond motifs is 1. The molecule has 0 atom stereocenters. The Morgan fingerprint density at radius 2 is 2.25 bits per heavy atom. The standard InChI is InChI=1S/C8H8BrN3/c1-12-8(9)5-3-2-4-6(10)7(5)11-12/h2-4H,10H2,1H3. The fourth-order valence-corrected chi connectivity index (χ4v) is 1.61. The first-order valence-corrected chi connectivity index (χ1v) is 4.36. The predicted octanol–water partition coefficient (Wildman–Crippen LogP) is 1.92. The molecule has 0 radical (unpaired) electrons. The van der Waals surface area contributed by atoms with Crippen LogP contribution in [0.3, 0.4) is 0 Å². The zero-order valence-electron chi connectivity index (χ0n) is 6.58. The van der Waals surface area contributed by atoms with Crippen molar-refractivity contribution in [2.45, 2.75) is 0 Å². The Balaban J connectivity index is 2.95. The lowest BCUT2D eigenvalue weighted by Gasteiger charge is -1.91. The van der Waals surface area contributed by atoms with Gasteiger partial charge in [0.25, 0.3) is 0 Å². The predicted molar refractivity (Wildman–Crippen MR) is 52.8 cm³/mol. The molecular formula is C8H8BrN3. The molecule has 0 aliphatic carbocycles. The first-order chi connectivity index (χ1) is 5.70. The lowest BCUT2D eigenvalue weighted by Crippen LogP contribution is -1.89. The fourth-order valence-electron chi connectivity index (χ4n) is 1.21. The maximum Gasteiger partial charge on any atom is 0.116 e. The number of rotatable bonds is 0. The molecule has 0 aliphatic rings. The number of aryl methyl sites for hydroxylation is 1. The molecule has 0 saturated carbocycles. The Kier molecular flexibility index (Phi) is 1.58. The molecule has 62 valence electrons. The molecule has 4 heteroatoms. The smallest absolute Gasteiger partial charge is 0.116 e. The molecule has 2 N–H and O–H groups in total. The Bertz CT molecular complexity index is 433. The SMILES string of the molecule is Cn1nc2c(N)cccc2c1Br. The zero-order valence-corrected chi connectivity index (χ0v) is 8.17. The van der Waals surface area contributed by atoms with Crippen LogP contribution in [0.25, 0.3) is 10.9 Å². The lowest BCUT2D eigenvalue weighted by molar-refractivity contribution is 0.761. The van der Waals surface area contributed by atoms with Crippen molar-refractivity contribution in [1.82, 2.24) is 9.78 Å². The number of aromatic nitrogens is 2. The largest absolute Gasteiger partial charge is 0.397 e. The summed E-state index contributed by atoms with van der Waals surface area (Å²) in [5.41, 5.74) is 7.31. The number of hydrogen-bond donors (Lipinski definition) is 1. The van der Waals surface area contributed by atoms with E-state index in [1.807, 2.05) is 25.2 Å². The number of anilines is 1. The van der Waals surface area contributed by atoms with Gasteiger partial charge in [-0.3, -0.25) is 4.68 Å². The number of nitrogen functional groups attached to an aromatic ring is 1. The fraction of sp³-hybridized carbons (Fsp3) is 0.125. The van der Waals surface area contributed by atoms with E-state index in [9.17, 15) is 0 Å². The summed E-state index contributed by atoms with van der Waals surface area (Å²) in [5, 5.41) is 5.31. The van der Waals surface area contributed by atoms with E-state index in [1.54, 1.807) is 4.68 Å². The Morgan fingerprint density at radius 1 is 1.50 bits per heavy atom. The van der Waals surface area contributed by atoms with Gasteiger partial charge >= 0.3 is 0 Å². The van der Waals surface area contributed by atoms with Crippen LogP contribution in [0.5, 0.6) is 0 Å². The minimum absolute atomic E-state index is 0.716. The number of nitrogens with two attached hydrogens (primary N) is 1. The van der Waals surface area contributed by atoms with E-state index < -0.39 is 0 Å². The number of nitrogens with zero attached hydrogens (tertiary/aromatic N) is 2. The molecule has 12 heavy (non-hydrogen) atoms. The van der Waals surface area contributed by atoms with Crippen LogP contribution in [-0.4, -0.2) is 9.78 Å². The molecule has 1 aromatic heterocycles. The highest BCUT2D eigenvalue weighted by Gasteiger charge is 2.06. The number of hydrogen-bond acceptors (Lipinski definition) is 2. The third kappa shape index (κ3) is 0.914. The van der Waals surface area contributed by atoms with Crippen LogP contribution in [0.15, 0.2) is 22.8 Å². The highest BCUT2D eigenvalue weighted by atomic mass is 79.9.